The van der Waals surface area contributed by atoms with Gasteiger partial charge in [-0.15, -0.1) is 0 Å². The summed E-state index contributed by atoms with van der Waals surface area (Å²) in [5.41, 5.74) is 8.46. The van der Waals surface area contributed by atoms with Crippen LogP contribution in [0.25, 0.3) is 11.4 Å². The number of carbonyl (C=O) groups excluding carboxylic acids is 2. The van der Waals surface area contributed by atoms with Crippen LogP contribution in [0.15, 0.2) is 73.1 Å². The Morgan fingerprint density at radius 1 is 1.03 bits per heavy atom. The number of carbonyl (C=O) groups is 2. The number of hydrogen-bond acceptors (Lipinski definition) is 6. The zero-order chi connectivity index (χ0) is 26.9. The van der Waals surface area contributed by atoms with Gasteiger partial charge in [-0.05, 0) is 60.5 Å². The molecule has 0 unspecified atom stereocenters. The number of aliphatic hydroxyl groups excluding tert-OH is 1. The van der Waals surface area contributed by atoms with Crippen molar-refractivity contribution in [3.63, 3.8) is 0 Å². The molecule has 2 aromatic carbocycles. The third kappa shape index (κ3) is 6.93. The number of amides is 3. The molecule has 11 heteroatoms. The average Bonchev–Trinajstić information content (AvgIpc) is 3.42. The maximum atomic E-state index is 14.0. The smallest absolute Gasteiger partial charge is 0.323 e. The highest BCUT2D eigenvalue weighted by Gasteiger charge is 2.11. The summed E-state index contributed by atoms with van der Waals surface area (Å²) in [5, 5.41) is 16.7. The molecule has 3 amide bonds. The Hall–Kier alpha value is -4.74. The molecule has 0 atom stereocenters. The molecular weight excluding hydrogens is 491 g/mol. The lowest BCUT2D eigenvalue weighted by Gasteiger charge is -2.11. The van der Waals surface area contributed by atoms with Gasteiger partial charge in [-0.3, -0.25) is 9.78 Å². The van der Waals surface area contributed by atoms with Gasteiger partial charge in [-0.2, -0.15) is 0 Å². The molecular formula is C27H27FN6O4. The Morgan fingerprint density at radius 2 is 1.84 bits per heavy atom. The van der Waals surface area contributed by atoms with Crippen LogP contribution in [-0.4, -0.2) is 40.2 Å². The maximum Gasteiger partial charge on any atom is 0.323 e. The van der Waals surface area contributed by atoms with E-state index in [2.05, 4.69) is 25.9 Å². The van der Waals surface area contributed by atoms with Gasteiger partial charge < -0.3 is 36.5 Å². The van der Waals surface area contributed by atoms with Crippen molar-refractivity contribution in [1.29, 1.82) is 0 Å². The number of nitrogens with zero attached hydrogens (tertiary/aromatic N) is 1. The van der Waals surface area contributed by atoms with Gasteiger partial charge in [-0.1, -0.05) is 6.07 Å². The lowest BCUT2D eigenvalue weighted by molar-refractivity contribution is 0.0951. The predicted octanol–water partition coefficient (Wildman–Crippen LogP) is 4.22. The Labute approximate surface area is 218 Å². The van der Waals surface area contributed by atoms with Crippen molar-refractivity contribution in [2.75, 3.05) is 23.8 Å². The average molecular weight is 519 g/mol. The highest BCUT2D eigenvalue weighted by atomic mass is 19.1. The molecule has 0 saturated heterocycles. The van der Waals surface area contributed by atoms with E-state index in [1.807, 2.05) is 0 Å². The van der Waals surface area contributed by atoms with Crippen molar-refractivity contribution in [2.45, 2.75) is 13.0 Å². The third-order valence-electron chi connectivity index (χ3n) is 5.44. The van der Waals surface area contributed by atoms with E-state index in [0.717, 1.165) is 0 Å². The maximum absolute atomic E-state index is 14.0. The molecule has 0 fully saturated rings. The number of anilines is 2. The molecule has 0 saturated carbocycles. The van der Waals surface area contributed by atoms with E-state index in [4.69, 9.17) is 15.6 Å². The molecule has 0 aliphatic carbocycles. The van der Waals surface area contributed by atoms with E-state index >= 15 is 0 Å². The first-order valence-electron chi connectivity index (χ1n) is 11.8. The fourth-order valence-electron chi connectivity index (χ4n) is 3.50. The Morgan fingerprint density at radius 3 is 2.61 bits per heavy atom. The van der Waals surface area contributed by atoms with Gasteiger partial charge in [0.05, 0.1) is 22.6 Å². The van der Waals surface area contributed by atoms with E-state index in [9.17, 15) is 14.0 Å². The van der Waals surface area contributed by atoms with Crippen LogP contribution < -0.4 is 26.4 Å². The molecule has 10 nitrogen and oxygen atoms in total. The predicted molar refractivity (Wildman–Crippen MR) is 142 cm³/mol. The van der Waals surface area contributed by atoms with E-state index in [-0.39, 0.29) is 24.7 Å². The van der Waals surface area contributed by atoms with Crippen molar-refractivity contribution < 1.29 is 23.8 Å². The first-order chi connectivity index (χ1) is 18.4. The summed E-state index contributed by atoms with van der Waals surface area (Å²) in [7, 11) is 0. The Kier molecular flexibility index (Phi) is 8.65. The van der Waals surface area contributed by atoms with Crippen LogP contribution in [0.4, 0.5) is 20.6 Å². The summed E-state index contributed by atoms with van der Waals surface area (Å²) in [6, 6.07) is 15.4. The molecule has 0 radical (unpaired) electrons. The number of H-pyrrole nitrogens is 1. The number of nitrogens with one attached hydrogen (secondary N) is 4. The lowest BCUT2D eigenvalue weighted by atomic mass is 10.2. The second kappa shape index (κ2) is 12.5. The fourth-order valence-corrected chi connectivity index (χ4v) is 3.50. The van der Waals surface area contributed by atoms with Crippen molar-refractivity contribution in [3.05, 3.63) is 90.0 Å². The number of hydrogen-bond donors (Lipinski definition) is 6. The normalized spacial score (nSPS) is 10.6. The minimum Gasteiger partial charge on any atom is -0.457 e. The molecule has 4 rings (SSSR count). The summed E-state index contributed by atoms with van der Waals surface area (Å²) < 4.78 is 19.9. The third-order valence-corrected chi connectivity index (χ3v) is 5.44. The van der Waals surface area contributed by atoms with Crippen LogP contribution in [0.2, 0.25) is 0 Å². The summed E-state index contributed by atoms with van der Waals surface area (Å²) >= 11 is 0. The van der Waals surface area contributed by atoms with Crippen molar-refractivity contribution >= 4 is 23.3 Å². The summed E-state index contributed by atoms with van der Waals surface area (Å²) in [6.45, 7) is 0.625. The quantitative estimate of drug-likeness (QED) is 0.173. The number of ether oxygens (including phenoxy) is 1. The highest BCUT2D eigenvalue weighted by Crippen LogP contribution is 2.27. The molecule has 0 aliphatic rings. The molecule has 38 heavy (non-hydrogen) atoms. The molecule has 0 spiro atoms. The van der Waals surface area contributed by atoms with Gasteiger partial charge in [0.15, 0.2) is 0 Å². The van der Waals surface area contributed by atoms with Gasteiger partial charge >= 0.3 is 6.03 Å². The van der Waals surface area contributed by atoms with Gasteiger partial charge in [0.2, 0.25) is 0 Å². The standard InChI is InChI=1S/C27H27FN6O4/c28-22-7-2-17(15-29)12-23(22)34-27(37)33-19-3-5-20(6-4-19)38-21-8-10-30-25(14-21)24-13-18(16-32-24)26(36)31-9-1-11-35/h2-8,10,12-14,16,32,35H,1,9,11,15,29H2,(H,31,36)(H2,33,34,37). The summed E-state index contributed by atoms with van der Waals surface area (Å²) in [4.78, 5) is 31.9. The van der Waals surface area contributed by atoms with Crippen LogP contribution >= 0.6 is 0 Å². The lowest BCUT2D eigenvalue weighted by Crippen LogP contribution is -2.24. The zero-order valence-corrected chi connectivity index (χ0v) is 20.3. The minimum absolute atomic E-state index is 0.00968. The van der Waals surface area contributed by atoms with E-state index < -0.39 is 11.8 Å². The Bertz CT molecular complexity index is 1410. The monoisotopic (exact) mass is 518 g/mol. The fraction of sp³-hybridized carbons (Fsp3) is 0.148. The number of aromatic amines is 1. The van der Waals surface area contributed by atoms with Gasteiger partial charge in [0.1, 0.15) is 17.3 Å². The second-order valence-corrected chi connectivity index (χ2v) is 8.24. The summed E-state index contributed by atoms with van der Waals surface area (Å²) in [5.74, 6) is 0.233. The molecule has 2 heterocycles. The number of nitrogens with two attached hydrogens (primary N) is 1. The van der Waals surface area contributed by atoms with Gasteiger partial charge in [-0.25, -0.2) is 9.18 Å². The minimum atomic E-state index is -0.599. The van der Waals surface area contributed by atoms with Crippen molar-refractivity contribution in [2.24, 2.45) is 5.73 Å². The number of aromatic nitrogens is 2. The Balaban J connectivity index is 1.36. The van der Waals surface area contributed by atoms with E-state index in [1.165, 1.54) is 12.1 Å². The number of rotatable bonds is 10. The molecule has 196 valence electrons. The topological polar surface area (TPSA) is 154 Å². The van der Waals surface area contributed by atoms with Gasteiger partial charge in [0, 0.05) is 43.8 Å². The molecule has 2 aromatic heterocycles. The molecule has 4 aromatic rings. The number of urea groups is 1. The van der Waals surface area contributed by atoms with Crippen LogP contribution in [0.5, 0.6) is 11.5 Å². The largest absolute Gasteiger partial charge is 0.457 e. The van der Waals surface area contributed by atoms with Crippen molar-refractivity contribution in [3.8, 4) is 22.9 Å². The number of halogens is 1. The van der Waals surface area contributed by atoms with E-state index in [0.29, 0.717) is 52.7 Å². The zero-order valence-electron chi connectivity index (χ0n) is 20.3. The van der Waals surface area contributed by atoms with Gasteiger partial charge in [0.25, 0.3) is 5.91 Å². The number of benzene rings is 2. The van der Waals surface area contributed by atoms with Crippen molar-refractivity contribution in [1.82, 2.24) is 15.3 Å². The molecule has 0 aliphatic heterocycles. The van der Waals surface area contributed by atoms with E-state index in [1.54, 1.807) is 60.9 Å². The first kappa shape index (κ1) is 26.3. The number of pyridine rings is 1. The highest BCUT2D eigenvalue weighted by molar-refractivity contribution is 6.00. The van der Waals surface area contributed by atoms with Crippen LogP contribution in [0.1, 0.15) is 22.3 Å². The molecule has 7 N–H and O–H groups in total. The SMILES string of the molecule is NCc1ccc(F)c(NC(=O)Nc2ccc(Oc3ccnc(-c4cc(C(=O)NCCCO)c[nH]4)c3)cc2)c1. The van der Waals surface area contributed by atoms with Crippen LogP contribution in [-0.2, 0) is 6.54 Å². The first-order valence-corrected chi connectivity index (χ1v) is 11.8. The number of aliphatic hydroxyl groups is 1. The molecule has 0 bridgehead atoms. The van der Waals surface area contributed by atoms with Crippen LogP contribution in [0.3, 0.4) is 0 Å². The summed E-state index contributed by atoms with van der Waals surface area (Å²) in [6.07, 6.45) is 3.66. The van der Waals surface area contributed by atoms with Crippen LogP contribution in [0, 0.1) is 5.82 Å². The second-order valence-electron chi connectivity index (χ2n) is 8.24.